The van der Waals surface area contributed by atoms with Gasteiger partial charge < -0.3 is 4.74 Å². The Kier molecular flexibility index (Phi) is 4.93. The third-order valence-corrected chi connectivity index (χ3v) is 5.34. The Balaban J connectivity index is 1.62. The molecular formula is C24H18FN5O3. The van der Waals surface area contributed by atoms with Crippen LogP contribution in [-0.2, 0) is 4.74 Å². The lowest BCUT2D eigenvalue weighted by atomic mass is 10.1. The molecule has 3 aromatic heterocycles. The molecule has 0 unspecified atom stereocenters. The van der Waals surface area contributed by atoms with E-state index in [1.807, 2.05) is 6.92 Å². The zero-order chi connectivity index (χ0) is 23.1. The summed E-state index contributed by atoms with van der Waals surface area (Å²) in [7, 11) is 0. The van der Waals surface area contributed by atoms with Crippen molar-refractivity contribution in [1.82, 2.24) is 24.4 Å². The topological polar surface area (TPSA) is 91.4 Å². The van der Waals surface area contributed by atoms with Gasteiger partial charge >= 0.3 is 5.97 Å². The molecule has 164 valence electrons. The molecule has 0 N–H and O–H groups in total. The van der Waals surface area contributed by atoms with Gasteiger partial charge in [-0.1, -0.05) is 12.1 Å². The van der Waals surface area contributed by atoms with Gasteiger partial charge in [-0.25, -0.2) is 13.7 Å². The molecule has 0 radical (unpaired) electrons. The number of hydrogen-bond donors (Lipinski definition) is 0. The highest BCUT2D eigenvalue weighted by Crippen LogP contribution is 2.28. The number of ether oxygens (including phenoxy) is 1. The van der Waals surface area contributed by atoms with E-state index in [1.165, 1.54) is 16.7 Å². The molecule has 33 heavy (non-hydrogen) atoms. The minimum Gasteiger partial charge on any atom is -0.462 e. The Morgan fingerprint density at radius 3 is 2.45 bits per heavy atom. The van der Waals surface area contributed by atoms with Crippen molar-refractivity contribution in [2.24, 2.45) is 0 Å². The quantitative estimate of drug-likeness (QED) is 0.393. The second-order valence-corrected chi connectivity index (χ2v) is 7.39. The fourth-order valence-electron chi connectivity index (χ4n) is 3.78. The van der Waals surface area contributed by atoms with Gasteiger partial charge in [0, 0.05) is 11.9 Å². The standard InChI is InChI=1S/C24H18FN5O3/c1-3-33-24(32)16-6-10-18(11-7-16)29-13-12-19-21(23(29)31)26-27-22-20(14(2)28-30(19)22)15-4-8-17(25)9-5-15/h4-13H,3H2,1-2H3. The first-order chi connectivity index (χ1) is 16.0. The van der Waals surface area contributed by atoms with Gasteiger partial charge in [-0.05, 0) is 61.9 Å². The first-order valence-corrected chi connectivity index (χ1v) is 10.3. The summed E-state index contributed by atoms with van der Waals surface area (Å²) in [5, 5.41) is 13.0. The van der Waals surface area contributed by atoms with Crippen LogP contribution in [0.25, 0.3) is 33.5 Å². The lowest BCUT2D eigenvalue weighted by Crippen LogP contribution is -2.20. The van der Waals surface area contributed by atoms with E-state index in [4.69, 9.17) is 4.74 Å². The summed E-state index contributed by atoms with van der Waals surface area (Å²) in [4.78, 5) is 25.0. The second-order valence-electron chi connectivity index (χ2n) is 7.39. The maximum atomic E-state index is 13.4. The van der Waals surface area contributed by atoms with Crippen LogP contribution in [0.3, 0.4) is 0 Å². The van der Waals surface area contributed by atoms with Crippen molar-refractivity contribution in [3.63, 3.8) is 0 Å². The van der Waals surface area contributed by atoms with Crippen LogP contribution in [0.1, 0.15) is 23.0 Å². The Labute approximate surface area is 186 Å². The summed E-state index contributed by atoms with van der Waals surface area (Å²) in [6.07, 6.45) is 1.62. The van der Waals surface area contributed by atoms with E-state index in [0.717, 1.165) is 11.1 Å². The van der Waals surface area contributed by atoms with Gasteiger partial charge in [-0.15, -0.1) is 10.2 Å². The molecule has 0 amide bonds. The van der Waals surface area contributed by atoms with Crippen molar-refractivity contribution in [1.29, 1.82) is 0 Å². The summed E-state index contributed by atoms with van der Waals surface area (Å²) in [6.45, 7) is 3.85. The monoisotopic (exact) mass is 443 g/mol. The summed E-state index contributed by atoms with van der Waals surface area (Å²) < 4.78 is 21.4. The maximum Gasteiger partial charge on any atom is 0.338 e. The van der Waals surface area contributed by atoms with Gasteiger partial charge in [0.05, 0.1) is 23.4 Å². The van der Waals surface area contributed by atoms with E-state index in [-0.39, 0.29) is 23.5 Å². The maximum absolute atomic E-state index is 13.4. The van der Waals surface area contributed by atoms with Crippen LogP contribution in [0, 0.1) is 12.7 Å². The number of pyridine rings is 1. The number of fused-ring (bicyclic) bond motifs is 3. The molecule has 0 aliphatic rings. The highest BCUT2D eigenvalue weighted by molar-refractivity contribution is 5.89. The number of carbonyl (C=O) groups is 1. The molecule has 3 heterocycles. The molecule has 0 saturated heterocycles. The molecule has 5 aromatic rings. The molecule has 0 atom stereocenters. The predicted molar refractivity (Wildman–Crippen MR) is 120 cm³/mol. The molecule has 0 aliphatic carbocycles. The lowest BCUT2D eigenvalue weighted by molar-refractivity contribution is 0.0526. The predicted octanol–water partition coefficient (Wildman–Crippen LogP) is 3.72. The number of rotatable bonds is 4. The van der Waals surface area contributed by atoms with Gasteiger partial charge in [-0.3, -0.25) is 9.36 Å². The van der Waals surface area contributed by atoms with Gasteiger partial charge in [0.25, 0.3) is 5.56 Å². The van der Waals surface area contributed by atoms with Crippen LogP contribution < -0.4 is 5.56 Å². The summed E-state index contributed by atoms with van der Waals surface area (Å²) in [6, 6.07) is 14.3. The minimum atomic E-state index is -0.422. The van der Waals surface area contributed by atoms with Crippen molar-refractivity contribution < 1.29 is 13.9 Å². The third-order valence-electron chi connectivity index (χ3n) is 5.34. The Morgan fingerprint density at radius 1 is 1.03 bits per heavy atom. The second kappa shape index (κ2) is 7.94. The van der Waals surface area contributed by atoms with E-state index in [0.29, 0.717) is 28.1 Å². The third kappa shape index (κ3) is 3.43. The molecule has 0 spiro atoms. The van der Waals surface area contributed by atoms with E-state index in [2.05, 4.69) is 15.3 Å². The van der Waals surface area contributed by atoms with Crippen LogP contribution >= 0.6 is 0 Å². The molecule has 0 saturated carbocycles. The van der Waals surface area contributed by atoms with E-state index >= 15 is 0 Å². The number of aryl methyl sites for hydroxylation is 1. The van der Waals surface area contributed by atoms with Crippen molar-refractivity contribution in [2.75, 3.05) is 6.61 Å². The molecule has 5 rings (SSSR count). The largest absolute Gasteiger partial charge is 0.462 e. The van der Waals surface area contributed by atoms with Crippen LogP contribution in [0.2, 0.25) is 0 Å². The number of benzene rings is 2. The van der Waals surface area contributed by atoms with Gasteiger partial charge in [0.2, 0.25) is 0 Å². The summed E-state index contributed by atoms with van der Waals surface area (Å²) in [5.41, 5.74) is 3.88. The van der Waals surface area contributed by atoms with Crippen LogP contribution in [0.5, 0.6) is 0 Å². The summed E-state index contributed by atoms with van der Waals surface area (Å²) >= 11 is 0. The Bertz CT molecular complexity index is 1570. The lowest BCUT2D eigenvalue weighted by Gasteiger charge is -2.08. The zero-order valence-electron chi connectivity index (χ0n) is 17.8. The smallest absolute Gasteiger partial charge is 0.338 e. The average molecular weight is 443 g/mol. The number of halogens is 1. The van der Waals surface area contributed by atoms with Crippen LogP contribution in [-0.4, -0.2) is 37.0 Å². The van der Waals surface area contributed by atoms with Crippen molar-refractivity contribution in [3.05, 3.63) is 88.2 Å². The molecule has 0 aliphatic heterocycles. The van der Waals surface area contributed by atoms with Crippen molar-refractivity contribution in [2.45, 2.75) is 13.8 Å². The first-order valence-electron chi connectivity index (χ1n) is 10.3. The number of nitrogens with zero attached hydrogens (tertiary/aromatic N) is 5. The highest BCUT2D eigenvalue weighted by atomic mass is 19.1. The number of carbonyl (C=O) groups excluding carboxylic acids is 1. The SMILES string of the molecule is CCOC(=O)c1ccc(-n2ccc3c(nnc4c(-c5ccc(F)cc5)c(C)nn43)c2=O)cc1. The van der Waals surface area contributed by atoms with E-state index < -0.39 is 5.97 Å². The molecule has 0 bridgehead atoms. The number of hydrogen-bond acceptors (Lipinski definition) is 6. The Morgan fingerprint density at radius 2 is 1.76 bits per heavy atom. The van der Waals surface area contributed by atoms with Crippen LogP contribution in [0.4, 0.5) is 4.39 Å². The van der Waals surface area contributed by atoms with Crippen LogP contribution in [0.15, 0.2) is 65.6 Å². The number of aromatic nitrogens is 5. The normalized spacial score (nSPS) is 11.2. The van der Waals surface area contributed by atoms with Crippen molar-refractivity contribution in [3.8, 4) is 16.8 Å². The fourth-order valence-corrected chi connectivity index (χ4v) is 3.78. The molecule has 0 fully saturated rings. The molecule has 2 aromatic carbocycles. The minimum absolute atomic E-state index is 0.146. The van der Waals surface area contributed by atoms with Crippen molar-refractivity contribution >= 4 is 22.6 Å². The summed E-state index contributed by atoms with van der Waals surface area (Å²) in [5.74, 6) is -0.755. The molecule has 8 nitrogen and oxygen atoms in total. The zero-order valence-corrected chi connectivity index (χ0v) is 17.8. The molecular weight excluding hydrogens is 425 g/mol. The Hall–Kier alpha value is -4.40. The number of esters is 1. The first kappa shape index (κ1) is 20.5. The van der Waals surface area contributed by atoms with E-state index in [9.17, 15) is 14.0 Å². The fraction of sp³-hybridized carbons (Fsp3) is 0.125. The van der Waals surface area contributed by atoms with Gasteiger partial charge in [0.1, 0.15) is 11.3 Å². The van der Waals surface area contributed by atoms with Gasteiger partial charge in [-0.2, -0.15) is 5.10 Å². The van der Waals surface area contributed by atoms with Gasteiger partial charge in [0.15, 0.2) is 11.2 Å². The molecule has 9 heteroatoms. The highest BCUT2D eigenvalue weighted by Gasteiger charge is 2.18. The average Bonchev–Trinajstić information content (AvgIpc) is 3.16. The van der Waals surface area contributed by atoms with E-state index in [1.54, 1.807) is 60.1 Å².